The third-order valence-electron chi connectivity index (χ3n) is 5.98. The Balaban J connectivity index is 2.23. The minimum absolute atomic E-state index is 0.00786. The Labute approximate surface area is 235 Å². The van der Waals surface area contributed by atoms with Crippen LogP contribution in [0.4, 0.5) is 0 Å². The summed E-state index contributed by atoms with van der Waals surface area (Å²) in [5.41, 5.74) is 17.7. The second kappa shape index (κ2) is 15.6. The quantitative estimate of drug-likeness (QED) is 0.113. The standard InChI is InChI=1S/C27H34N6O8/c28-18(12-16-6-8-17(34)9-7-16)24(37)32-20(13-15-4-2-1-3-5-15)26(39)31-19(10-11-22(29)35)25(38)33-21(27(40)41)14-23(30)36/h1-9,18-21,34H,10-14,28H2,(H2,29,35)(H2,30,36)(H,31,39)(H,32,37)(H,33,38)(H,40,41). The van der Waals surface area contributed by atoms with E-state index in [0.717, 1.165) is 0 Å². The molecular weight excluding hydrogens is 536 g/mol. The van der Waals surface area contributed by atoms with Crippen molar-refractivity contribution in [2.24, 2.45) is 17.2 Å². The smallest absolute Gasteiger partial charge is 0.326 e. The van der Waals surface area contributed by atoms with Gasteiger partial charge in [-0.1, -0.05) is 42.5 Å². The molecule has 0 aliphatic heterocycles. The van der Waals surface area contributed by atoms with Gasteiger partial charge in [0.05, 0.1) is 12.5 Å². The van der Waals surface area contributed by atoms with E-state index in [1.807, 2.05) is 0 Å². The Kier molecular flexibility index (Phi) is 12.2. The van der Waals surface area contributed by atoms with Gasteiger partial charge in [-0.2, -0.15) is 0 Å². The number of carboxylic acids is 1. The summed E-state index contributed by atoms with van der Waals surface area (Å²) in [6, 6.07) is 9.36. The lowest BCUT2D eigenvalue weighted by molar-refractivity contribution is -0.144. The van der Waals surface area contributed by atoms with Crippen LogP contribution < -0.4 is 33.2 Å². The van der Waals surface area contributed by atoms with E-state index in [1.165, 1.54) is 12.1 Å². The van der Waals surface area contributed by atoms with Crippen LogP contribution in [-0.4, -0.2) is 69.9 Å². The van der Waals surface area contributed by atoms with Gasteiger partial charge in [0.15, 0.2) is 0 Å². The van der Waals surface area contributed by atoms with Crippen LogP contribution >= 0.6 is 0 Å². The van der Waals surface area contributed by atoms with Gasteiger partial charge in [0.1, 0.15) is 23.9 Å². The number of carbonyl (C=O) groups is 6. The first-order valence-corrected chi connectivity index (χ1v) is 12.6. The average molecular weight is 571 g/mol. The number of nitrogens with one attached hydrogen (secondary N) is 3. The third kappa shape index (κ3) is 11.3. The summed E-state index contributed by atoms with van der Waals surface area (Å²) in [4.78, 5) is 73.3. The zero-order chi connectivity index (χ0) is 30.5. The number of hydrogen-bond donors (Lipinski definition) is 8. The third-order valence-corrected chi connectivity index (χ3v) is 5.98. The van der Waals surface area contributed by atoms with E-state index in [1.54, 1.807) is 42.5 Å². The van der Waals surface area contributed by atoms with E-state index in [9.17, 15) is 39.0 Å². The molecule has 2 rings (SSSR count). The first-order valence-electron chi connectivity index (χ1n) is 12.6. The highest BCUT2D eigenvalue weighted by Crippen LogP contribution is 2.12. The minimum Gasteiger partial charge on any atom is -0.508 e. The number of primary amides is 2. The molecule has 4 atom stereocenters. The van der Waals surface area contributed by atoms with Crippen LogP contribution in [0.1, 0.15) is 30.4 Å². The maximum Gasteiger partial charge on any atom is 0.326 e. The second-order valence-corrected chi connectivity index (χ2v) is 9.36. The summed E-state index contributed by atoms with van der Waals surface area (Å²) in [5, 5.41) is 25.9. The summed E-state index contributed by atoms with van der Waals surface area (Å²) in [5.74, 6) is -5.73. The first kappa shape index (κ1) is 32.2. The van der Waals surface area contributed by atoms with Gasteiger partial charge < -0.3 is 43.4 Å². The molecule has 0 aliphatic carbocycles. The summed E-state index contributed by atoms with van der Waals surface area (Å²) in [6.07, 6.45) is -1.22. The topological polar surface area (TPSA) is 257 Å². The molecule has 0 heterocycles. The van der Waals surface area contributed by atoms with E-state index >= 15 is 0 Å². The molecule has 0 saturated carbocycles. The highest BCUT2D eigenvalue weighted by Gasteiger charge is 2.31. The molecule has 4 unspecified atom stereocenters. The predicted molar refractivity (Wildman–Crippen MR) is 146 cm³/mol. The van der Waals surface area contributed by atoms with Gasteiger partial charge in [0, 0.05) is 12.8 Å². The van der Waals surface area contributed by atoms with Crippen LogP contribution in [-0.2, 0) is 41.6 Å². The fraction of sp³-hybridized carbons (Fsp3) is 0.333. The van der Waals surface area contributed by atoms with Crippen molar-refractivity contribution in [2.45, 2.75) is 56.3 Å². The van der Waals surface area contributed by atoms with Gasteiger partial charge in [-0.15, -0.1) is 0 Å². The van der Waals surface area contributed by atoms with Crippen LogP contribution in [0, 0.1) is 0 Å². The SMILES string of the molecule is NC(=O)CCC(NC(=O)C(Cc1ccccc1)NC(=O)C(N)Cc1ccc(O)cc1)C(=O)NC(CC(N)=O)C(=O)O. The summed E-state index contributed by atoms with van der Waals surface area (Å²) < 4.78 is 0. The summed E-state index contributed by atoms with van der Waals surface area (Å²) >= 11 is 0. The molecule has 0 saturated heterocycles. The van der Waals surface area contributed by atoms with Crippen molar-refractivity contribution in [3.63, 3.8) is 0 Å². The fourth-order valence-electron chi connectivity index (χ4n) is 3.82. The van der Waals surface area contributed by atoms with Crippen molar-refractivity contribution in [1.29, 1.82) is 0 Å². The van der Waals surface area contributed by atoms with Crippen LogP contribution in [0.3, 0.4) is 0 Å². The number of carbonyl (C=O) groups excluding carboxylic acids is 5. The number of phenols is 1. The minimum atomic E-state index is -1.68. The van der Waals surface area contributed by atoms with E-state index in [4.69, 9.17) is 17.2 Å². The lowest BCUT2D eigenvalue weighted by Gasteiger charge is -2.25. The predicted octanol–water partition coefficient (Wildman–Crippen LogP) is -1.82. The molecule has 0 fully saturated rings. The van der Waals surface area contributed by atoms with Crippen LogP contribution in [0.25, 0.3) is 0 Å². The van der Waals surface area contributed by atoms with E-state index in [0.29, 0.717) is 11.1 Å². The molecule has 14 nitrogen and oxygen atoms in total. The van der Waals surface area contributed by atoms with Crippen molar-refractivity contribution in [2.75, 3.05) is 0 Å². The van der Waals surface area contributed by atoms with Gasteiger partial charge in [0.25, 0.3) is 0 Å². The van der Waals surface area contributed by atoms with Gasteiger partial charge in [0.2, 0.25) is 29.5 Å². The molecular formula is C27H34N6O8. The largest absolute Gasteiger partial charge is 0.508 e. The first-order chi connectivity index (χ1) is 19.3. The van der Waals surface area contributed by atoms with Gasteiger partial charge in [-0.05, 0) is 36.1 Å². The monoisotopic (exact) mass is 570 g/mol. The molecule has 11 N–H and O–H groups in total. The molecule has 0 aliphatic rings. The van der Waals surface area contributed by atoms with E-state index in [-0.39, 0.29) is 31.4 Å². The Morgan fingerprint density at radius 1 is 0.683 bits per heavy atom. The molecule has 41 heavy (non-hydrogen) atoms. The van der Waals surface area contributed by atoms with Gasteiger partial charge in [-0.25, -0.2) is 4.79 Å². The highest BCUT2D eigenvalue weighted by molar-refractivity contribution is 5.95. The van der Waals surface area contributed by atoms with Crippen molar-refractivity contribution in [3.05, 3.63) is 65.7 Å². The summed E-state index contributed by atoms with van der Waals surface area (Å²) in [7, 11) is 0. The lowest BCUT2D eigenvalue weighted by Crippen LogP contribution is -2.58. The Hall–Kier alpha value is -4.98. The Morgan fingerprint density at radius 2 is 1.22 bits per heavy atom. The number of benzene rings is 2. The van der Waals surface area contributed by atoms with Crippen LogP contribution in [0.15, 0.2) is 54.6 Å². The molecule has 2 aromatic carbocycles. The molecule has 0 bridgehead atoms. The van der Waals surface area contributed by atoms with E-state index in [2.05, 4.69) is 16.0 Å². The number of aromatic hydroxyl groups is 1. The zero-order valence-electron chi connectivity index (χ0n) is 22.1. The highest BCUT2D eigenvalue weighted by atomic mass is 16.4. The van der Waals surface area contributed by atoms with Crippen molar-refractivity contribution < 1.29 is 39.0 Å². The molecule has 0 aromatic heterocycles. The van der Waals surface area contributed by atoms with E-state index < -0.39 is 66.1 Å². The lowest BCUT2D eigenvalue weighted by atomic mass is 10.0. The number of rotatable bonds is 16. The van der Waals surface area contributed by atoms with Gasteiger partial charge in [-0.3, -0.25) is 24.0 Å². The molecule has 0 radical (unpaired) electrons. The van der Waals surface area contributed by atoms with Crippen molar-refractivity contribution >= 4 is 35.5 Å². The van der Waals surface area contributed by atoms with Gasteiger partial charge >= 0.3 is 5.97 Å². The fourth-order valence-corrected chi connectivity index (χ4v) is 3.82. The molecule has 0 spiro atoms. The number of carboxylic acid groups (broad SMARTS) is 1. The molecule has 5 amide bonds. The van der Waals surface area contributed by atoms with Crippen molar-refractivity contribution in [1.82, 2.24) is 16.0 Å². The maximum atomic E-state index is 13.4. The number of amides is 5. The second-order valence-electron chi connectivity index (χ2n) is 9.36. The number of aliphatic carboxylic acids is 1. The Morgan fingerprint density at radius 3 is 1.78 bits per heavy atom. The van der Waals surface area contributed by atoms with Crippen LogP contribution in [0.2, 0.25) is 0 Å². The molecule has 14 heteroatoms. The average Bonchev–Trinajstić information content (AvgIpc) is 2.91. The molecule has 2 aromatic rings. The zero-order valence-corrected chi connectivity index (χ0v) is 22.1. The number of nitrogens with two attached hydrogens (primary N) is 3. The number of hydrogen-bond acceptors (Lipinski definition) is 8. The van der Waals surface area contributed by atoms with Crippen molar-refractivity contribution in [3.8, 4) is 5.75 Å². The number of phenolic OH excluding ortho intramolecular Hbond substituents is 1. The maximum absolute atomic E-state index is 13.4. The van der Waals surface area contributed by atoms with Crippen LogP contribution in [0.5, 0.6) is 5.75 Å². The summed E-state index contributed by atoms with van der Waals surface area (Å²) in [6.45, 7) is 0. The molecule has 220 valence electrons. The normalized spacial score (nSPS) is 13.6. The Bertz CT molecular complexity index is 1240.